The molecule has 1 aromatic rings. The average Bonchev–Trinajstić information content (AvgIpc) is 2.82. The third-order valence-electron chi connectivity index (χ3n) is 4.35. The zero-order chi connectivity index (χ0) is 13.6. The number of aromatic hydroxyl groups is 1. The van der Waals surface area contributed by atoms with E-state index in [4.69, 9.17) is 0 Å². The molecular weight excluding hydrogens is 240 g/mol. The van der Waals surface area contributed by atoms with Crippen molar-refractivity contribution < 1.29 is 9.90 Å². The predicted molar refractivity (Wildman–Crippen MR) is 75.6 cm³/mol. The van der Waals surface area contributed by atoms with Crippen LogP contribution >= 0.6 is 0 Å². The first-order valence-electron chi connectivity index (χ1n) is 6.99. The van der Waals surface area contributed by atoms with Crippen molar-refractivity contribution in [3.8, 4) is 5.75 Å². The molecule has 1 aliphatic heterocycles. The Labute approximate surface area is 113 Å². The van der Waals surface area contributed by atoms with Crippen LogP contribution in [0.15, 0.2) is 18.2 Å². The van der Waals surface area contributed by atoms with Gasteiger partial charge in [0.2, 0.25) is 5.91 Å². The van der Waals surface area contributed by atoms with Gasteiger partial charge in [0.05, 0.1) is 5.69 Å². The van der Waals surface area contributed by atoms with Crippen molar-refractivity contribution in [1.82, 2.24) is 0 Å². The molecule has 0 aromatic heterocycles. The van der Waals surface area contributed by atoms with Gasteiger partial charge in [-0.3, -0.25) is 4.79 Å². The van der Waals surface area contributed by atoms with E-state index in [1.807, 2.05) is 12.1 Å². The van der Waals surface area contributed by atoms with Gasteiger partial charge in [-0.2, -0.15) is 0 Å². The van der Waals surface area contributed by atoms with E-state index in [1.54, 1.807) is 6.07 Å². The number of rotatable bonds is 1. The van der Waals surface area contributed by atoms with Gasteiger partial charge in [0.25, 0.3) is 0 Å². The minimum absolute atomic E-state index is 0.0349. The second-order valence-corrected chi connectivity index (χ2v) is 5.83. The van der Waals surface area contributed by atoms with E-state index in [2.05, 4.69) is 24.1 Å². The number of carbonyl (C=O) groups excluding carboxylic acids is 1. The third-order valence-corrected chi connectivity index (χ3v) is 4.35. The molecule has 0 radical (unpaired) electrons. The second-order valence-electron chi connectivity index (χ2n) is 5.83. The van der Waals surface area contributed by atoms with Crippen LogP contribution in [0, 0.1) is 0 Å². The molecule has 19 heavy (non-hydrogen) atoms. The molecule has 1 heterocycles. The Morgan fingerprint density at radius 2 is 2.00 bits per heavy atom. The van der Waals surface area contributed by atoms with E-state index in [9.17, 15) is 9.90 Å². The van der Waals surface area contributed by atoms with Crippen LogP contribution in [-0.2, 0) is 4.79 Å². The lowest BCUT2D eigenvalue weighted by Crippen LogP contribution is -2.60. The molecule has 3 rings (SSSR count). The average molecular weight is 260 g/mol. The largest absolute Gasteiger partial charge is 0.506 e. The summed E-state index contributed by atoms with van der Waals surface area (Å²) >= 11 is 0. The number of para-hydroxylation sites is 1. The molecule has 0 bridgehead atoms. The van der Waals surface area contributed by atoms with Crippen LogP contribution in [0.5, 0.6) is 5.75 Å². The molecule has 1 amide bonds. The van der Waals surface area contributed by atoms with Crippen molar-refractivity contribution >= 4 is 17.3 Å². The summed E-state index contributed by atoms with van der Waals surface area (Å²) < 4.78 is 0. The van der Waals surface area contributed by atoms with Crippen LogP contribution in [0.2, 0.25) is 0 Å². The van der Waals surface area contributed by atoms with Gasteiger partial charge in [0.1, 0.15) is 17.0 Å². The van der Waals surface area contributed by atoms with E-state index >= 15 is 0 Å². The molecule has 0 saturated heterocycles. The maximum absolute atomic E-state index is 12.6. The first-order valence-corrected chi connectivity index (χ1v) is 6.99. The molecule has 102 valence electrons. The van der Waals surface area contributed by atoms with Gasteiger partial charge in [0.15, 0.2) is 0 Å². The quantitative estimate of drug-likeness (QED) is 0.763. The third kappa shape index (κ3) is 1.62. The number of anilines is 2. The van der Waals surface area contributed by atoms with E-state index in [1.165, 1.54) is 0 Å². The highest BCUT2D eigenvalue weighted by Crippen LogP contribution is 2.48. The van der Waals surface area contributed by atoms with E-state index in [0.717, 1.165) is 31.4 Å². The lowest BCUT2D eigenvalue weighted by molar-refractivity contribution is -0.121. The Morgan fingerprint density at radius 1 is 1.32 bits per heavy atom. The standard InChI is InChI=1S/C15H20N2O2/c1-10(2)17-11-6-5-7-12(18)13(11)16-14(19)15(17)8-3-4-9-15/h5-7,10,18H,3-4,8-9H2,1-2H3,(H,16,19). The molecule has 4 nitrogen and oxygen atoms in total. The van der Waals surface area contributed by atoms with Crippen molar-refractivity contribution in [2.45, 2.75) is 51.1 Å². The zero-order valence-corrected chi connectivity index (χ0v) is 11.4. The van der Waals surface area contributed by atoms with Crippen molar-refractivity contribution in [3.63, 3.8) is 0 Å². The van der Waals surface area contributed by atoms with Crippen LogP contribution in [0.25, 0.3) is 0 Å². The number of nitrogens with one attached hydrogen (secondary N) is 1. The molecule has 2 N–H and O–H groups in total. The summed E-state index contributed by atoms with van der Waals surface area (Å²) in [7, 11) is 0. The molecule has 1 fully saturated rings. The number of phenols is 1. The Bertz CT molecular complexity index is 519. The van der Waals surface area contributed by atoms with Gasteiger partial charge >= 0.3 is 0 Å². The summed E-state index contributed by atoms with van der Waals surface area (Å²) in [4.78, 5) is 14.8. The van der Waals surface area contributed by atoms with Gasteiger partial charge in [0, 0.05) is 6.04 Å². The van der Waals surface area contributed by atoms with Crippen molar-refractivity contribution in [2.24, 2.45) is 0 Å². The molecule has 4 heteroatoms. The van der Waals surface area contributed by atoms with E-state index in [0.29, 0.717) is 5.69 Å². The smallest absolute Gasteiger partial charge is 0.250 e. The number of fused-ring (bicyclic) bond motifs is 1. The number of amides is 1. The summed E-state index contributed by atoms with van der Waals surface area (Å²) in [6, 6.07) is 5.66. The van der Waals surface area contributed by atoms with Gasteiger partial charge < -0.3 is 15.3 Å². The highest BCUT2D eigenvalue weighted by Gasteiger charge is 2.50. The summed E-state index contributed by atoms with van der Waals surface area (Å²) in [5, 5.41) is 12.9. The molecule has 0 unspecified atom stereocenters. The van der Waals surface area contributed by atoms with Crippen LogP contribution in [0.4, 0.5) is 11.4 Å². The fourth-order valence-electron chi connectivity index (χ4n) is 3.63. The molecular formula is C15H20N2O2. The summed E-state index contributed by atoms with van der Waals surface area (Å²) in [5.41, 5.74) is 1.07. The molecule has 1 spiro atoms. The highest BCUT2D eigenvalue weighted by molar-refractivity contribution is 6.08. The lowest BCUT2D eigenvalue weighted by Gasteiger charge is -2.48. The van der Waals surface area contributed by atoms with Gasteiger partial charge in [-0.1, -0.05) is 18.9 Å². The summed E-state index contributed by atoms with van der Waals surface area (Å²) in [6.45, 7) is 4.21. The minimum Gasteiger partial charge on any atom is -0.506 e. The highest BCUT2D eigenvalue weighted by atomic mass is 16.3. The monoisotopic (exact) mass is 260 g/mol. The lowest BCUT2D eigenvalue weighted by atomic mass is 9.88. The van der Waals surface area contributed by atoms with Crippen LogP contribution < -0.4 is 10.2 Å². The first-order chi connectivity index (χ1) is 9.06. The zero-order valence-electron chi connectivity index (χ0n) is 11.4. The van der Waals surface area contributed by atoms with E-state index < -0.39 is 5.54 Å². The molecule has 1 saturated carbocycles. The molecule has 2 aliphatic rings. The Kier molecular flexibility index (Phi) is 2.69. The van der Waals surface area contributed by atoms with Crippen molar-refractivity contribution in [3.05, 3.63) is 18.2 Å². The van der Waals surface area contributed by atoms with Crippen LogP contribution in [0.3, 0.4) is 0 Å². The Hall–Kier alpha value is -1.71. The minimum atomic E-state index is -0.422. The normalized spacial score (nSPS) is 20.8. The number of phenolic OH excluding ortho intramolecular Hbond substituents is 1. The summed E-state index contributed by atoms with van der Waals surface area (Å²) in [6.07, 6.45) is 3.97. The van der Waals surface area contributed by atoms with E-state index in [-0.39, 0.29) is 17.7 Å². The Morgan fingerprint density at radius 3 is 2.63 bits per heavy atom. The van der Waals surface area contributed by atoms with Crippen LogP contribution in [0.1, 0.15) is 39.5 Å². The molecule has 1 aliphatic carbocycles. The fraction of sp³-hybridized carbons (Fsp3) is 0.533. The van der Waals surface area contributed by atoms with Crippen LogP contribution in [-0.4, -0.2) is 22.6 Å². The number of nitrogens with zero attached hydrogens (tertiary/aromatic N) is 1. The number of hydrogen-bond donors (Lipinski definition) is 2. The summed E-state index contributed by atoms with van der Waals surface area (Å²) in [5.74, 6) is 0.178. The maximum atomic E-state index is 12.6. The molecule has 0 atom stereocenters. The second kappa shape index (κ2) is 4.15. The first kappa shape index (κ1) is 12.3. The number of carbonyl (C=O) groups is 1. The molecule has 1 aromatic carbocycles. The van der Waals surface area contributed by atoms with Gasteiger partial charge in [-0.15, -0.1) is 0 Å². The van der Waals surface area contributed by atoms with Crippen molar-refractivity contribution in [1.29, 1.82) is 0 Å². The van der Waals surface area contributed by atoms with Gasteiger partial charge in [-0.25, -0.2) is 0 Å². The number of hydrogen-bond acceptors (Lipinski definition) is 3. The topological polar surface area (TPSA) is 52.6 Å². The van der Waals surface area contributed by atoms with Crippen molar-refractivity contribution in [2.75, 3.05) is 10.2 Å². The number of benzene rings is 1. The Balaban J connectivity index is 2.18. The van der Waals surface area contributed by atoms with Gasteiger partial charge in [-0.05, 0) is 38.8 Å². The fourth-order valence-corrected chi connectivity index (χ4v) is 3.63. The SMILES string of the molecule is CC(C)N1c2cccc(O)c2NC(=O)C12CCCC2. The predicted octanol–water partition coefficient (Wildman–Crippen LogP) is 2.87. The maximum Gasteiger partial charge on any atom is 0.250 e.